The predicted molar refractivity (Wildman–Crippen MR) is 198 cm³/mol. The Morgan fingerprint density at radius 1 is 0.463 bits per heavy atom. The van der Waals surface area contributed by atoms with Gasteiger partial charge in [-0.2, -0.15) is 16.8 Å². The number of rotatable bonds is 10. The monoisotopic (exact) mass is 814 g/mol. The summed E-state index contributed by atoms with van der Waals surface area (Å²) >= 11 is 0. The van der Waals surface area contributed by atoms with E-state index < -0.39 is 79.0 Å². The molecule has 17 nitrogen and oxygen atoms in total. The Balaban J connectivity index is 1.16. The minimum absolute atomic E-state index is 0.101. The largest absolute Gasteiger partial charge is 0.507 e. The normalized spacial score (nSPS) is 12.3. The maximum absolute atomic E-state index is 13.3. The quantitative estimate of drug-likeness (QED) is 0.0833. The van der Waals surface area contributed by atoms with Gasteiger partial charge in [0.2, 0.25) is 0 Å². The fourth-order valence-electron chi connectivity index (χ4n) is 5.43. The number of nitrogens with one attached hydrogen (secondary N) is 4. The third-order valence-corrected chi connectivity index (χ3v) is 12.4. The molecule has 0 heterocycles. The number of hydrogen-bond acceptors (Lipinski definition) is 11. The molecule has 6 aromatic carbocycles. The van der Waals surface area contributed by atoms with Gasteiger partial charge in [0.25, 0.3) is 40.3 Å². The number of phenols is 2. The Kier molecular flexibility index (Phi) is 9.64. The van der Waals surface area contributed by atoms with Gasteiger partial charge in [0.05, 0.1) is 21.2 Å². The zero-order valence-corrected chi connectivity index (χ0v) is 30.3. The summed E-state index contributed by atoms with van der Waals surface area (Å²) in [5.41, 5.74) is -0.964. The highest BCUT2D eigenvalue weighted by Crippen LogP contribution is 2.39. The third-order valence-electron chi connectivity index (χ3n) is 7.84. The molecule has 0 spiro atoms. The van der Waals surface area contributed by atoms with Crippen LogP contribution in [-0.2, 0) is 40.3 Å². The summed E-state index contributed by atoms with van der Waals surface area (Å²) in [5.74, 6) is -0.906. The van der Waals surface area contributed by atoms with Gasteiger partial charge in [-0.25, -0.2) is 21.6 Å². The number of aromatic hydroxyl groups is 2. The zero-order chi connectivity index (χ0) is 39.2. The van der Waals surface area contributed by atoms with E-state index in [4.69, 9.17) is 0 Å². The second kappa shape index (κ2) is 13.8. The molecule has 0 fully saturated rings. The average molecular weight is 815 g/mol. The first-order valence-electron chi connectivity index (χ1n) is 15.0. The second-order valence-corrected chi connectivity index (χ2v) is 17.6. The Morgan fingerprint density at radius 2 is 0.815 bits per heavy atom. The van der Waals surface area contributed by atoms with E-state index in [1.165, 1.54) is 72.8 Å². The van der Waals surface area contributed by atoms with Crippen LogP contribution in [0.4, 0.5) is 27.5 Å². The number of phenolic OH excluding ortho intramolecular Hbond substituents is 2. The molecule has 0 aliphatic rings. The first-order valence-corrected chi connectivity index (χ1v) is 20.9. The molecule has 6 rings (SSSR count). The Labute approximate surface area is 307 Å². The van der Waals surface area contributed by atoms with Crippen molar-refractivity contribution in [3.8, 4) is 11.5 Å². The van der Waals surface area contributed by atoms with Crippen molar-refractivity contribution in [1.82, 2.24) is 0 Å². The molecular formula is C33H26N4O13S4. The van der Waals surface area contributed by atoms with E-state index in [-0.39, 0.29) is 42.7 Å². The van der Waals surface area contributed by atoms with E-state index in [1.54, 1.807) is 0 Å². The van der Waals surface area contributed by atoms with Gasteiger partial charge in [-0.1, -0.05) is 36.4 Å². The minimum atomic E-state index is -4.94. The molecule has 0 bridgehead atoms. The zero-order valence-electron chi connectivity index (χ0n) is 27.0. The third kappa shape index (κ3) is 7.71. The summed E-state index contributed by atoms with van der Waals surface area (Å²) in [5, 5.41) is 25.9. The number of benzene rings is 6. The van der Waals surface area contributed by atoms with Gasteiger partial charge >= 0.3 is 6.03 Å². The fourth-order valence-corrected chi connectivity index (χ4v) is 9.05. The fraction of sp³-hybridized carbons (Fsp3) is 0. The summed E-state index contributed by atoms with van der Waals surface area (Å²) in [4.78, 5) is 10.4. The van der Waals surface area contributed by atoms with Crippen molar-refractivity contribution in [2.24, 2.45) is 0 Å². The molecule has 8 N–H and O–H groups in total. The lowest BCUT2D eigenvalue weighted by molar-refractivity contribution is 0.262. The van der Waals surface area contributed by atoms with Crippen molar-refractivity contribution < 1.29 is 57.8 Å². The number of amides is 2. The number of carbonyl (C=O) groups is 1. The topological polar surface area (TPSA) is 283 Å². The van der Waals surface area contributed by atoms with Crippen LogP contribution in [0.15, 0.2) is 129 Å². The molecule has 0 aromatic heterocycles. The highest BCUT2D eigenvalue weighted by atomic mass is 32.2. The van der Waals surface area contributed by atoms with Crippen LogP contribution >= 0.6 is 0 Å². The SMILES string of the molecule is O=C(Nc1ccc(S(=O)(=O)Nc2c(S(=O)(=O)O)ccc3cccc(O)c23)cc1)Nc1ccc(S(=O)(=O)Nc2c(S(=O)(=O)O)ccc3cccc(O)c23)cc1. The van der Waals surface area contributed by atoms with Gasteiger partial charge < -0.3 is 20.8 Å². The lowest BCUT2D eigenvalue weighted by atomic mass is 10.1. The van der Waals surface area contributed by atoms with E-state index in [9.17, 15) is 57.8 Å². The summed E-state index contributed by atoms with van der Waals surface area (Å²) in [6, 6.07) is 21.2. The first kappa shape index (κ1) is 37.8. The van der Waals surface area contributed by atoms with Gasteiger partial charge in [0.1, 0.15) is 21.3 Å². The summed E-state index contributed by atoms with van der Waals surface area (Å²) in [6.45, 7) is 0. The van der Waals surface area contributed by atoms with E-state index >= 15 is 0 Å². The Bertz CT molecular complexity index is 2740. The van der Waals surface area contributed by atoms with E-state index in [0.717, 1.165) is 36.4 Å². The molecule has 280 valence electrons. The van der Waals surface area contributed by atoms with Crippen LogP contribution in [0.5, 0.6) is 11.5 Å². The molecule has 21 heteroatoms. The van der Waals surface area contributed by atoms with Crippen molar-refractivity contribution >= 4 is 90.6 Å². The van der Waals surface area contributed by atoms with Crippen LogP contribution < -0.4 is 20.1 Å². The second-order valence-electron chi connectivity index (χ2n) is 11.4. The number of urea groups is 1. The lowest BCUT2D eigenvalue weighted by Gasteiger charge is -2.15. The minimum Gasteiger partial charge on any atom is -0.507 e. The number of sulfonamides is 2. The molecule has 6 aromatic rings. The molecule has 0 saturated heterocycles. The van der Waals surface area contributed by atoms with Crippen LogP contribution in [0.2, 0.25) is 0 Å². The van der Waals surface area contributed by atoms with Crippen molar-refractivity contribution in [2.75, 3.05) is 20.1 Å². The number of anilines is 4. The van der Waals surface area contributed by atoms with Gasteiger partial charge in [-0.3, -0.25) is 18.5 Å². The molecular weight excluding hydrogens is 789 g/mol. The summed E-state index contributed by atoms with van der Waals surface area (Å²) < 4.78 is 125. The maximum Gasteiger partial charge on any atom is 0.323 e. The Hall–Kier alpha value is -5.97. The highest BCUT2D eigenvalue weighted by Gasteiger charge is 2.26. The Morgan fingerprint density at radius 3 is 1.15 bits per heavy atom. The van der Waals surface area contributed by atoms with Crippen molar-refractivity contribution in [2.45, 2.75) is 19.6 Å². The van der Waals surface area contributed by atoms with Crippen LogP contribution in [0.25, 0.3) is 21.5 Å². The molecule has 0 radical (unpaired) electrons. The number of carbonyl (C=O) groups excluding carboxylic acids is 1. The van der Waals surface area contributed by atoms with Gasteiger partial charge in [-0.05, 0) is 83.6 Å². The molecule has 0 aliphatic heterocycles. The van der Waals surface area contributed by atoms with Gasteiger partial charge in [0, 0.05) is 22.1 Å². The van der Waals surface area contributed by atoms with Crippen molar-refractivity contribution in [3.63, 3.8) is 0 Å². The summed E-state index contributed by atoms with van der Waals surface area (Å²) in [7, 11) is -18.9. The van der Waals surface area contributed by atoms with E-state index in [2.05, 4.69) is 20.1 Å². The molecule has 0 saturated carbocycles. The first-order chi connectivity index (χ1) is 25.2. The molecule has 0 unspecified atom stereocenters. The predicted octanol–water partition coefficient (Wildman–Crippen LogP) is 5.14. The van der Waals surface area contributed by atoms with Crippen LogP contribution in [0.1, 0.15) is 0 Å². The highest BCUT2D eigenvalue weighted by molar-refractivity contribution is 7.93. The number of hydrogen-bond donors (Lipinski definition) is 8. The maximum atomic E-state index is 13.3. The van der Waals surface area contributed by atoms with Crippen molar-refractivity contribution in [1.29, 1.82) is 0 Å². The molecule has 0 atom stereocenters. The van der Waals surface area contributed by atoms with Crippen LogP contribution in [-0.4, -0.2) is 59.0 Å². The lowest BCUT2D eigenvalue weighted by Crippen LogP contribution is -2.20. The number of fused-ring (bicyclic) bond motifs is 2. The van der Waals surface area contributed by atoms with Crippen molar-refractivity contribution in [3.05, 3.63) is 109 Å². The summed E-state index contributed by atoms with van der Waals surface area (Å²) in [6.07, 6.45) is 0. The van der Waals surface area contributed by atoms with Crippen LogP contribution in [0.3, 0.4) is 0 Å². The molecule has 2 amide bonds. The molecule has 54 heavy (non-hydrogen) atoms. The van der Waals surface area contributed by atoms with E-state index in [0.29, 0.717) is 0 Å². The van der Waals surface area contributed by atoms with E-state index in [1.807, 2.05) is 0 Å². The molecule has 0 aliphatic carbocycles. The van der Waals surface area contributed by atoms with Gasteiger partial charge in [0.15, 0.2) is 0 Å². The van der Waals surface area contributed by atoms with Crippen LogP contribution in [0, 0.1) is 0 Å². The average Bonchev–Trinajstić information content (AvgIpc) is 3.07. The van der Waals surface area contributed by atoms with Gasteiger partial charge in [-0.15, -0.1) is 0 Å². The smallest absolute Gasteiger partial charge is 0.323 e. The standard InChI is InChI=1S/C33H26N4O13S4/c38-25-5-1-3-19-7-17-27(53(45,46)47)31(29(19)25)36-51(41,42)23-13-9-21(10-14-23)34-33(40)35-22-11-15-24(16-12-22)52(43,44)37-32-28(54(48,49)50)18-8-20-4-2-6-26(39)30(20)32/h1-18,36-39H,(H2,34,35,40)(H,45,46,47)(H,48,49,50).